The largest absolute Gasteiger partial charge is 0.506 e. The lowest BCUT2D eigenvalue weighted by molar-refractivity contribution is 0.0955. The Bertz CT molecular complexity index is 869. The fraction of sp³-hybridized carbons (Fsp3) is 0.200. The number of hydrogen-bond donors (Lipinski definition) is 3. The average molecular weight is 371 g/mol. The van der Waals surface area contributed by atoms with E-state index in [2.05, 4.69) is 22.4 Å². The quantitative estimate of drug-likeness (QED) is 0.429. The van der Waals surface area contributed by atoms with E-state index in [0.29, 0.717) is 18.4 Å². The van der Waals surface area contributed by atoms with E-state index in [1.165, 1.54) is 24.4 Å². The van der Waals surface area contributed by atoms with Crippen molar-refractivity contribution in [3.05, 3.63) is 64.2 Å². The number of halogens is 1. The van der Waals surface area contributed by atoms with E-state index in [1.807, 2.05) is 31.2 Å². The highest BCUT2D eigenvalue weighted by molar-refractivity contribution is 6.32. The van der Waals surface area contributed by atoms with Gasteiger partial charge in [0.1, 0.15) is 5.75 Å². The molecule has 0 spiro atoms. The summed E-state index contributed by atoms with van der Waals surface area (Å²) in [5.74, 6) is 5.40. The molecule has 0 heterocycles. The zero-order valence-corrected chi connectivity index (χ0v) is 15.0. The van der Waals surface area contributed by atoms with Crippen molar-refractivity contribution in [2.75, 3.05) is 0 Å². The Balaban J connectivity index is 1.98. The number of phenols is 1. The van der Waals surface area contributed by atoms with Crippen LogP contribution >= 0.6 is 11.6 Å². The standard InChI is InChI=1S/C20H19ClN2O3/c1-2-17(24)8-4-6-14-5-3-7-15(11-14)13-22-23-20(26)16-9-10-19(25)18(21)12-16/h3,5,7,9-13,17,24-25H,2,8H2,1H3,(H,23,26). The predicted octanol–water partition coefficient (Wildman–Crippen LogP) is 3.32. The Kier molecular flexibility index (Phi) is 7.22. The van der Waals surface area contributed by atoms with Crippen LogP contribution in [0.2, 0.25) is 5.02 Å². The van der Waals surface area contributed by atoms with E-state index in [1.54, 1.807) is 0 Å². The molecule has 2 aromatic carbocycles. The summed E-state index contributed by atoms with van der Waals surface area (Å²) in [6.07, 6.45) is 2.20. The number of aliphatic hydroxyl groups excluding tert-OH is 1. The lowest BCUT2D eigenvalue weighted by Crippen LogP contribution is -2.17. The topological polar surface area (TPSA) is 81.9 Å². The Morgan fingerprint density at radius 2 is 2.15 bits per heavy atom. The SMILES string of the molecule is CCC(O)CC#Cc1cccc(C=NNC(=O)c2ccc(O)c(Cl)c2)c1. The second kappa shape index (κ2) is 9.62. The Morgan fingerprint density at radius 3 is 2.88 bits per heavy atom. The minimum atomic E-state index is -0.437. The number of benzene rings is 2. The van der Waals surface area contributed by atoms with Gasteiger partial charge in [0.25, 0.3) is 5.91 Å². The Morgan fingerprint density at radius 1 is 1.35 bits per heavy atom. The number of nitrogens with one attached hydrogen (secondary N) is 1. The van der Waals surface area contributed by atoms with E-state index >= 15 is 0 Å². The minimum absolute atomic E-state index is 0.0869. The minimum Gasteiger partial charge on any atom is -0.506 e. The molecular weight excluding hydrogens is 352 g/mol. The first-order valence-electron chi connectivity index (χ1n) is 8.08. The number of carbonyl (C=O) groups is 1. The molecule has 0 saturated heterocycles. The van der Waals surface area contributed by atoms with Gasteiger partial charge in [-0.25, -0.2) is 5.43 Å². The van der Waals surface area contributed by atoms with Crippen molar-refractivity contribution in [1.82, 2.24) is 5.43 Å². The number of hydrazone groups is 1. The van der Waals surface area contributed by atoms with Crippen LogP contribution in [0.4, 0.5) is 0 Å². The van der Waals surface area contributed by atoms with Crippen molar-refractivity contribution in [3.63, 3.8) is 0 Å². The van der Waals surface area contributed by atoms with Crippen LogP contribution < -0.4 is 5.43 Å². The zero-order valence-electron chi connectivity index (χ0n) is 14.2. The smallest absolute Gasteiger partial charge is 0.271 e. The van der Waals surface area contributed by atoms with Gasteiger partial charge in [0, 0.05) is 17.5 Å². The van der Waals surface area contributed by atoms with Crippen LogP contribution in [0.5, 0.6) is 5.75 Å². The van der Waals surface area contributed by atoms with Crippen LogP contribution in [0.1, 0.15) is 41.3 Å². The molecule has 26 heavy (non-hydrogen) atoms. The molecule has 0 aliphatic rings. The lowest BCUT2D eigenvalue weighted by Gasteiger charge is -2.02. The van der Waals surface area contributed by atoms with Gasteiger partial charge in [-0.05, 0) is 42.3 Å². The van der Waals surface area contributed by atoms with Gasteiger partial charge in [0.15, 0.2) is 0 Å². The van der Waals surface area contributed by atoms with E-state index in [9.17, 15) is 15.0 Å². The molecule has 1 atom stereocenters. The van der Waals surface area contributed by atoms with Crippen molar-refractivity contribution in [2.45, 2.75) is 25.9 Å². The molecule has 0 saturated carbocycles. The van der Waals surface area contributed by atoms with Crippen molar-refractivity contribution in [3.8, 4) is 17.6 Å². The van der Waals surface area contributed by atoms with Gasteiger partial charge in [0.2, 0.25) is 0 Å². The first kappa shape index (κ1) is 19.5. The number of phenolic OH excluding ortho intramolecular Hbond substituents is 1. The number of nitrogens with zero attached hydrogens (tertiary/aromatic N) is 1. The van der Waals surface area contributed by atoms with Gasteiger partial charge in [0.05, 0.1) is 17.3 Å². The molecule has 1 amide bonds. The first-order valence-corrected chi connectivity index (χ1v) is 8.46. The van der Waals surface area contributed by atoms with Crippen molar-refractivity contribution < 1.29 is 15.0 Å². The molecule has 3 N–H and O–H groups in total. The van der Waals surface area contributed by atoms with Crippen LogP contribution in [-0.4, -0.2) is 28.4 Å². The van der Waals surface area contributed by atoms with E-state index < -0.39 is 12.0 Å². The predicted molar refractivity (Wildman–Crippen MR) is 102 cm³/mol. The molecule has 0 aliphatic heterocycles. The summed E-state index contributed by atoms with van der Waals surface area (Å²) in [5.41, 5.74) is 4.27. The summed E-state index contributed by atoms with van der Waals surface area (Å²) in [6.45, 7) is 1.91. The number of carbonyl (C=O) groups excluding carboxylic acids is 1. The summed E-state index contributed by atoms with van der Waals surface area (Å²) in [6, 6.07) is 11.5. The van der Waals surface area contributed by atoms with Crippen molar-refractivity contribution >= 4 is 23.7 Å². The van der Waals surface area contributed by atoms with Gasteiger partial charge >= 0.3 is 0 Å². The molecule has 0 radical (unpaired) electrons. The third-order valence-corrected chi connectivity index (χ3v) is 3.82. The molecule has 2 aromatic rings. The maximum Gasteiger partial charge on any atom is 0.271 e. The number of rotatable bonds is 5. The normalized spacial score (nSPS) is 11.7. The fourth-order valence-corrected chi connectivity index (χ4v) is 2.17. The maximum atomic E-state index is 12.0. The van der Waals surface area contributed by atoms with E-state index in [0.717, 1.165) is 11.1 Å². The van der Waals surface area contributed by atoms with Crippen LogP contribution in [0.15, 0.2) is 47.6 Å². The summed E-state index contributed by atoms with van der Waals surface area (Å²) in [4.78, 5) is 12.0. The molecule has 2 rings (SSSR count). The zero-order chi connectivity index (χ0) is 18.9. The summed E-state index contributed by atoms with van der Waals surface area (Å²) in [7, 11) is 0. The third kappa shape index (κ3) is 5.92. The van der Waals surface area contributed by atoms with Crippen LogP contribution in [0.3, 0.4) is 0 Å². The van der Waals surface area contributed by atoms with Gasteiger partial charge in [-0.15, -0.1) is 0 Å². The molecule has 0 fully saturated rings. The second-order valence-electron chi connectivity index (χ2n) is 5.56. The highest BCUT2D eigenvalue weighted by Crippen LogP contribution is 2.23. The number of aliphatic hydroxyl groups is 1. The van der Waals surface area contributed by atoms with Crippen molar-refractivity contribution in [1.29, 1.82) is 0 Å². The van der Waals surface area contributed by atoms with Crippen LogP contribution in [0, 0.1) is 11.8 Å². The number of aromatic hydroxyl groups is 1. The third-order valence-electron chi connectivity index (χ3n) is 3.52. The Hall–Kier alpha value is -2.81. The van der Waals surface area contributed by atoms with Crippen LogP contribution in [0.25, 0.3) is 0 Å². The Labute approximate surface area is 157 Å². The van der Waals surface area contributed by atoms with E-state index in [4.69, 9.17) is 11.6 Å². The highest BCUT2D eigenvalue weighted by atomic mass is 35.5. The highest BCUT2D eigenvalue weighted by Gasteiger charge is 2.07. The van der Waals surface area contributed by atoms with Gasteiger partial charge in [-0.3, -0.25) is 4.79 Å². The molecule has 0 aliphatic carbocycles. The van der Waals surface area contributed by atoms with Crippen LogP contribution in [-0.2, 0) is 0 Å². The first-order chi connectivity index (χ1) is 12.5. The fourth-order valence-electron chi connectivity index (χ4n) is 1.99. The molecular formula is C20H19ClN2O3. The summed E-state index contributed by atoms with van der Waals surface area (Å²) in [5, 5.41) is 22.9. The molecule has 0 bridgehead atoms. The summed E-state index contributed by atoms with van der Waals surface area (Å²) >= 11 is 5.78. The lowest BCUT2D eigenvalue weighted by atomic mass is 10.1. The van der Waals surface area contributed by atoms with Crippen molar-refractivity contribution in [2.24, 2.45) is 5.10 Å². The second-order valence-corrected chi connectivity index (χ2v) is 5.97. The van der Waals surface area contributed by atoms with Gasteiger partial charge < -0.3 is 10.2 Å². The summed E-state index contributed by atoms with van der Waals surface area (Å²) < 4.78 is 0. The molecule has 1 unspecified atom stereocenters. The number of hydrogen-bond acceptors (Lipinski definition) is 4. The van der Waals surface area contributed by atoms with Gasteiger partial charge in [-0.1, -0.05) is 42.5 Å². The molecule has 0 aromatic heterocycles. The molecule has 5 nitrogen and oxygen atoms in total. The number of amides is 1. The van der Waals surface area contributed by atoms with Gasteiger partial charge in [-0.2, -0.15) is 5.10 Å². The average Bonchev–Trinajstić information content (AvgIpc) is 2.64. The van der Waals surface area contributed by atoms with E-state index in [-0.39, 0.29) is 10.8 Å². The molecule has 134 valence electrons. The molecule has 6 heteroatoms. The monoisotopic (exact) mass is 370 g/mol. The maximum absolute atomic E-state index is 12.0.